The molecule has 3 aromatic heterocycles. The Balaban J connectivity index is 1.29. The van der Waals surface area contributed by atoms with Crippen molar-refractivity contribution >= 4 is 43.7 Å². The molecule has 0 amide bonds. The molecule has 2 aliphatic rings. The average Bonchev–Trinajstić information content (AvgIpc) is 3.42. The molecule has 1 aliphatic heterocycles. The van der Waals surface area contributed by atoms with E-state index in [1.54, 1.807) is 0 Å². The number of aliphatic hydroxyl groups excluding tert-OH is 1. The molecule has 1 aromatic carbocycles. The van der Waals surface area contributed by atoms with Gasteiger partial charge in [0, 0.05) is 17.0 Å². The Morgan fingerprint density at radius 2 is 2.12 bits per heavy atom. The van der Waals surface area contributed by atoms with E-state index in [9.17, 15) is 10.2 Å². The number of hydrogen-bond acceptors (Lipinski definition) is 7. The van der Waals surface area contributed by atoms with E-state index in [1.165, 1.54) is 6.33 Å². The van der Waals surface area contributed by atoms with Gasteiger partial charge in [-0.05, 0) is 71.8 Å². The van der Waals surface area contributed by atoms with Crippen molar-refractivity contribution in [2.45, 2.75) is 50.2 Å². The molecule has 1 unspecified atom stereocenters. The van der Waals surface area contributed by atoms with E-state index in [2.05, 4.69) is 36.9 Å². The van der Waals surface area contributed by atoms with Gasteiger partial charge >= 0.3 is 0 Å². The summed E-state index contributed by atoms with van der Waals surface area (Å²) in [6.07, 6.45) is 3.10. The van der Waals surface area contributed by atoms with Crippen LogP contribution in [0.1, 0.15) is 30.3 Å². The van der Waals surface area contributed by atoms with Crippen molar-refractivity contribution in [3.63, 3.8) is 0 Å². The average molecular weight is 510 g/mol. The third-order valence-corrected chi connectivity index (χ3v) is 7.88. The predicted molar refractivity (Wildman–Crippen MR) is 127 cm³/mol. The van der Waals surface area contributed by atoms with Gasteiger partial charge in [-0.2, -0.15) is 0 Å². The van der Waals surface area contributed by atoms with Crippen LogP contribution < -0.4 is 5.73 Å². The standard InChI is InChI=1S/C24H24BrN5O3/c1-12-16-5-7-30(22(16)28-11-27-12)23-19(31)24(32)6-4-15(20(24)33-23)8-13-2-3-14-10-17(25)21(26)29-18(14)9-13/h2-3,5,7,9-11,15,19-20,23,31-32H,4,6,8H2,1H3,(H2,26,29)/t15-,19?,20+,23+,24-/m0/s1. The summed E-state index contributed by atoms with van der Waals surface area (Å²) in [6.45, 7) is 1.92. The molecule has 1 saturated carbocycles. The molecule has 1 saturated heterocycles. The molecule has 8 nitrogen and oxygen atoms in total. The van der Waals surface area contributed by atoms with Gasteiger partial charge in [0.05, 0.1) is 21.8 Å². The zero-order chi connectivity index (χ0) is 22.9. The zero-order valence-corrected chi connectivity index (χ0v) is 19.6. The number of aliphatic hydroxyl groups is 2. The van der Waals surface area contributed by atoms with Gasteiger partial charge in [-0.1, -0.05) is 12.1 Å². The molecular weight excluding hydrogens is 486 g/mol. The van der Waals surface area contributed by atoms with Crippen LogP contribution in [0.2, 0.25) is 0 Å². The first-order valence-corrected chi connectivity index (χ1v) is 11.8. The number of benzene rings is 1. The second-order valence-electron chi connectivity index (χ2n) is 9.19. The number of nitrogens with two attached hydrogens (primary N) is 1. The van der Waals surface area contributed by atoms with Crippen LogP contribution in [-0.4, -0.2) is 47.5 Å². The molecule has 2 fully saturated rings. The van der Waals surface area contributed by atoms with E-state index in [1.807, 2.05) is 42.0 Å². The minimum absolute atomic E-state index is 0.0677. The molecule has 6 rings (SSSR count). The third kappa shape index (κ3) is 3.18. The highest BCUT2D eigenvalue weighted by molar-refractivity contribution is 9.10. The molecule has 170 valence electrons. The van der Waals surface area contributed by atoms with E-state index in [0.29, 0.717) is 24.3 Å². The van der Waals surface area contributed by atoms with Crippen LogP contribution in [0, 0.1) is 12.8 Å². The molecule has 4 aromatic rings. The van der Waals surface area contributed by atoms with Crippen molar-refractivity contribution in [3.05, 3.63) is 58.6 Å². The summed E-state index contributed by atoms with van der Waals surface area (Å²) in [5, 5.41) is 24.5. The normalized spacial score (nSPS) is 29.2. The van der Waals surface area contributed by atoms with Crippen LogP contribution in [0.5, 0.6) is 0 Å². The highest BCUT2D eigenvalue weighted by atomic mass is 79.9. The van der Waals surface area contributed by atoms with Crippen LogP contribution in [-0.2, 0) is 11.2 Å². The first-order chi connectivity index (χ1) is 15.8. The van der Waals surface area contributed by atoms with Gasteiger partial charge in [-0.25, -0.2) is 15.0 Å². The molecule has 9 heteroatoms. The van der Waals surface area contributed by atoms with Crippen molar-refractivity contribution in [2.24, 2.45) is 5.92 Å². The fourth-order valence-electron chi connectivity index (χ4n) is 5.50. The second-order valence-corrected chi connectivity index (χ2v) is 10.0. The summed E-state index contributed by atoms with van der Waals surface area (Å²) in [5.41, 5.74) is 8.15. The van der Waals surface area contributed by atoms with Gasteiger partial charge < -0.3 is 25.3 Å². The lowest BCUT2D eigenvalue weighted by atomic mass is 9.90. The molecule has 4 N–H and O–H groups in total. The van der Waals surface area contributed by atoms with Gasteiger partial charge in [-0.15, -0.1) is 0 Å². The smallest absolute Gasteiger partial charge is 0.164 e. The van der Waals surface area contributed by atoms with E-state index in [4.69, 9.17) is 10.5 Å². The number of aromatic nitrogens is 4. The summed E-state index contributed by atoms with van der Waals surface area (Å²) in [4.78, 5) is 13.1. The molecular formula is C24H24BrN5O3. The predicted octanol–water partition coefficient (Wildman–Crippen LogP) is 3.27. The largest absolute Gasteiger partial charge is 0.385 e. The van der Waals surface area contributed by atoms with Crippen LogP contribution >= 0.6 is 15.9 Å². The number of fused-ring (bicyclic) bond motifs is 3. The van der Waals surface area contributed by atoms with Crippen LogP contribution in [0.4, 0.5) is 5.82 Å². The highest BCUT2D eigenvalue weighted by Crippen LogP contribution is 2.50. The molecule has 0 spiro atoms. The summed E-state index contributed by atoms with van der Waals surface area (Å²) < 4.78 is 8.95. The SMILES string of the molecule is Cc1ncnc2c1ccn2[C@@H]1O[C@@H]2[C@H](Cc3ccc4cc(Br)c(N)nc4c3)CC[C@]2(O)C1O. The lowest BCUT2D eigenvalue weighted by Gasteiger charge is -2.26. The molecule has 33 heavy (non-hydrogen) atoms. The topological polar surface area (TPSA) is 119 Å². The Morgan fingerprint density at radius 1 is 1.27 bits per heavy atom. The van der Waals surface area contributed by atoms with Crippen LogP contribution in [0.3, 0.4) is 0 Å². The maximum atomic E-state index is 11.4. The molecule has 0 bridgehead atoms. The molecule has 5 atom stereocenters. The Kier molecular flexibility index (Phi) is 4.74. The van der Waals surface area contributed by atoms with E-state index in [-0.39, 0.29) is 5.92 Å². The molecule has 4 heterocycles. The van der Waals surface area contributed by atoms with Crippen molar-refractivity contribution in [1.29, 1.82) is 0 Å². The van der Waals surface area contributed by atoms with Crippen molar-refractivity contribution < 1.29 is 14.9 Å². The summed E-state index contributed by atoms with van der Waals surface area (Å²) >= 11 is 3.42. The van der Waals surface area contributed by atoms with E-state index >= 15 is 0 Å². The number of hydrogen-bond donors (Lipinski definition) is 3. The maximum absolute atomic E-state index is 11.4. The lowest BCUT2D eigenvalue weighted by Crippen LogP contribution is -2.45. The molecule has 0 radical (unpaired) electrons. The number of halogens is 1. The zero-order valence-electron chi connectivity index (χ0n) is 18.0. The quantitative estimate of drug-likeness (QED) is 0.387. The Morgan fingerprint density at radius 3 is 2.97 bits per heavy atom. The van der Waals surface area contributed by atoms with Gasteiger partial charge in [-0.3, -0.25) is 0 Å². The lowest BCUT2D eigenvalue weighted by molar-refractivity contribution is -0.0675. The van der Waals surface area contributed by atoms with Gasteiger partial charge in [0.1, 0.15) is 29.5 Å². The van der Waals surface area contributed by atoms with Gasteiger partial charge in [0.15, 0.2) is 6.23 Å². The number of pyridine rings is 1. The first-order valence-electron chi connectivity index (χ1n) is 11.0. The number of rotatable bonds is 3. The van der Waals surface area contributed by atoms with Crippen LogP contribution in [0.15, 0.2) is 47.3 Å². The number of aryl methyl sites for hydroxylation is 1. The first kappa shape index (κ1) is 21.0. The fourth-order valence-corrected chi connectivity index (χ4v) is 5.83. The summed E-state index contributed by atoms with van der Waals surface area (Å²) in [6, 6.07) is 10.0. The monoisotopic (exact) mass is 509 g/mol. The van der Waals surface area contributed by atoms with E-state index < -0.39 is 24.0 Å². The van der Waals surface area contributed by atoms with Gasteiger partial charge in [0.25, 0.3) is 0 Å². The highest BCUT2D eigenvalue weighted by Gasteiger charge is 2.61. The van der Waals surface area contributed by atoms with E-state index in [0.717, 1.165) is 38.4 Å². The van der Waals surface area contributed by atoms with Crippen molar-refractivity contribution in [1.82, 2.24) is 19.5 Å². The Hall–Kier alpha value is -2.59. The minimum atomic E-state index is -1.29. The minimum Gasteiger partial charge on any atom is -0.385 e. The maximum Gasteiger partial charge on any atom is 0.164 e. The number of ether oxygens (including phenoxy) is 1. The van der Waals surface area contributed by atoms with Gasteiger partial charge in [0.2, 0.25) is 0 Å². The number of nitrogen functional groups attached to an aromatic ring is 1. The van der Waals surface area contributed by atoms with Crippen LogP contribution in [0.25, 0.3) is 21.9 Å². The Labute approximate surface area is 198 Å². The number of nitrogens with zero attached hydrogens (tertiary/aromatic N) is 4. The van der Waals surface area contributed by atoms with Crippen molar-refractivity contribution in [3.8, 4) is 0 Å². The summed E-state index contributed by atoms with van der Waals surface area (Å²) in [7, 11) is 0. The fraction of sp³-hybridized carbons (Fsp3) is 0.375. The summed E-state index contributed by atoms with van der Waals surface area (Å²) in [5.74, 6) is 0.524. The number of anilines is 1. The third-order valence-electron chi connectivity index (χ3n) is 7.25. The van der Waals surface area contributed by atoms with Crippen molar-refractivity contribution in [2.75, 3.05) is 5.73 Å². The second kappa shape index (κ2) is 7.46. The Bertz CT molecular complexity index is 1390. The molecule has 1 aliphatic carbocycles.